The lowest BCUT2D eigenvalue weighted by atomic mass is 10.1. The van der Waals surface area contributed by atoms with E-state index in [4.69, 9.17) is 5.26 Å². The standard InChI is InChI=1S/C16H9FN2O2/c17-13-7-10(8-18)5-6-11(13)9-19-14-4-2-1-3-12(14)15(20)16(19)21/h1-7H,9H2. The van der Waals surface area contributed by atoms with E-state index < -0.39 is 17.5 Å². The van der Waals surface area contributed by atoms with Crippen LogP contribution in [0.2, 0.25) is 0 Å². The van der Waals surface area contributed by atoms with E-state index in [1.165, 1.54) is 17.0 Å². The molecular weight excluding hydrogens is 271 g/mol. The fourth-order valence-electron chi connectivity index (χ4n) is 2.32. The van der Waals surface area contributed by atoms with Crippen LogP contribution in [-0.4, -0.2) is 11.7 Å². The molecule has 102 valence electrons. The average Bonchev–Trinajstić information content (AvgIpc) is 2.74. The largest absolute Gasteiger partial charge is 0.300 e. The first-order valence-corrected chi connectivity index (χ1v) is 6.25. The molecule has 2 aromatic rings. The minimum atomic E-state index is -0.667. The average molecular weight is 280 g/mol. The zero-order valence-corrected chi connectivity index (χ0v) is 10.8. The van der Waals surface area contributed by atoms with Crippen molar-refractivity contribution < 1.29 is 14.0 Å². The van der Waals surface area contributed by atoms with Gasteiger partial charge in [0, 0.05) is 5.56 Å². The molecule has 0 fully saturated rings. The zero-order chi connectivity index (χ0) is 15.0. The highest BCUT2D eigenvalue weighted by Crippen LogP contribution is 2.30. The van der Waals surface area contributed by atoms with Gasteiger partial charge in [-0.2, -0.15) is 5.26 Å². The Balaban J connectivity index is 1.98. The number of Topliss-reactive ketones (excluding diaryl/α,β-unsaturated/α-hetero) is 1. The predicted molar refractivity (Wildman–Crippen MR) is 73.1 cm³/mol. The summed E-state index contributed by atoms with van der Waals surface area (Å²) in [5.41, 5.74) is 1.28. The van der Waals surface area contributed by atoms with Crippen LogP contribution in [-0.2, 0) is 11.3 Å². The lowest BCUT2D eigenvalue weighted by Gasteiger charge is -2.16. The van der Waals surface area contributed by atoms with E-state index in [0.29, 0.717) is 11.3 Å². The van der Waals surface area contributed by atoms with Gasteiger partial charge < -0.3 is 4.90 Å². The third-order valence-electron chi connectivity index (χ3n) is 3.39. The van der Waals surface area contributed by atoms with Crippen molar-refractivity contribution in [2.75, 3.05) is 4.90 Å². The van der Waals surface area contributed by atoms with Crippen LogP contribution in [0.15, 0.2) is 42.5 Å². The summed E-state index contributed by atoms with van der Waals surface area (Å²) in [6, 6.07) is 12.5. The van der Waals surface area contributed by atoms with Crippen LogP contribution in [0.1, 0.15) is 21.5 Å². The Morgan fingerprint density at radius 1 is 1.14 bits per heavy atom. The first kappa shape index (κ1) is 13.0. The second-order valence-corrected chi connectivity index (χ2v) is 4.66. The third-order valence-corrected chi connectivity index (χ3v) is 3.39. The van der Waals surface area contributed by atoms with Crippen LogP contribution in [0.3, 0.4) is 0 Å². The SMILES string of the molecule is N#Cc1ccc(CN2C(=O)C(=O)c3ccccc32)c(F)c1. The molecule has 1 amide bonds. The number of amides is 1. The minimum Gasteiger partial charge on any atom is -0.300 e. The lowest BCUT2D eigenvalue weighted by Crippen LogP contribution is -2.29. The number of hydrogen-bond acceptors (Lipinski definition) is 3. The molecule has 4 nitrogen and oxygen atoms in total. The molecule has 0 unspecified atom stereocenters. The van der Waals surface area contributed by atoms with Gasteiger partial charge in [0.05, 0.1) is 29.4 Å². The Morgan fingerprint density at radius 3 is 2.62 bits per heavy atom. The molecule has 0 saturated carbocycles. The maximum Gasteiger partial charge on any atom is 0.299 e. The van der Waals surface area contributed by atoms with E-state index in [2.05, 4.69) is 0 Å². The molecular formula is C16H9FN2O2. The number of rotatable bonds is 2. The first-order chi connectivity index (χ1) is 10.1. The van der Waals surface area contributed by atoms with Crippen molar-refractivity contribution in [2.24, 2.45) is 0 Å². The fraction of sp³-hybridized carbons (Fsp3) is 0.0625. The Labute approximate surface area is 120 Å². The van der Waals surface area contributed by atoms with Crippen molar-refractivity contribution in [1.29, 1.82) is 5.26 Å². The van der Waals surface area contributed by atoms with E-state index in [1.807, 2.05) is 6.07 Å². The summed E-state index contributed by atoms with van der Waals surface area (Å²) in [6.07, 6.45) is 0. The number of carbonyl (C=O) groups is 2. The quantitative estimate of drug-likeness (QED) is 0.794. The van der Waals surface area contributed by atoms with E-state index in [0.717, 1.165) is 6.07 Å². The maximum atomic E-state index is 13.9. The van der Waals surface area contributed by atoms with Crippen LogP contribution in [0.5, 0.6) is 0 Å². The van der Waals surface area contributed by atoms with Crippen LogP contribution < -0.4 is 4.90 Å². The second-order valence-electron chi connectivity index (χ2n) is 4.66. The number of para-hydroxylation sites is 1. The molecule has 0 aliphatic carbocycles. The van der Waals surface area contributed by atoms with Gasteiger partial charge in [0.2, 0.25) is 0 Å². The van der Waals surface area contributed by atoms with Crippen molar-refractivity contribution in [1.82, 2.24) is 0 Å². The second kappa shape index (κ2) is 4.84. The molecule has 1 aliphatic heterocycles. The number of hydrogen-bond donors (Lipinski definition) is 0. The monoisotopic (exact) mass is 280 g/mol. The molecule has 0 bridgehead atoms. The molecule has 0 N–H and O–H groups in total. The highest BCUT2D eigenvalue weighted by molar-refractivity contribution is 6.52. The number of nitriles is 1. The number of fused-ring (bicyclic) bond motifs is 1. The summed E-state index contributed by atoms with van der Waals surface area (Å²) in [5.74, 6) is -1.82. The van der Waals surface area contributed by atoms with Crippen LogP contribution in [0, 0.1) is 17.1 Å². The number of anilines is 1. The van der Waals surface area contributed by atoms with Crippen molar-refractivity contribution in [3.63, 3.8) is 0 Å². The van der Waals surface area contributed by atoms with Crippen molar-refractivity contribution >= 4 is 17.4 Å². The maximum absolute atomic E-state index is 13.9. The third kappa shape index (κ3) is 2.07. The number of carbonyl (C=O) groups excluding carboxylic acids is 2. The van der Waals surface area contributed by atoms with Gasteiger partial charge in [0.25, 0.3) is 11.7 Å². The summed E-state index contributed by atoms with van der Waals surface area (Å²) >= 11 is 0. The molecule has 3 rings (SSSR count). The molecule has 1 heterocycles. The van der Waals surface area contributed by atoms with Gasteiger partial charge in [-0.3, -0.25) is 9.59 Å². The van der Waals surface area contributed by atoms with E-state index in [-0.39, 0.29) is 17.7 Å². The zero-order valence-electron chi connectivity index (χ0n) is 10.8. The van der Waals surface area contributed by atoms with E-state index in [1.54, 1.807) is 24.3 Å². The number of nitrogens with zero attached hydrogens (tertiary/aromatic N) is 2. The van der Waals surface area contributed by atoms with Gasteiger partial charge >= 0.3 is 0 Å². The highest BCUT2D eigenvalue weighted by atomic mass is 19.1. The van der Waals surface area contributed by atoms with Gasteiger partial charge in [0.15, 0.2) is 0 Å². The van der Waals surface area contributed by atoms with Crippen molar-refractivity contribution in [3.8, 4) is 6.07 Å². The Kier molecular flexibility index (Phi) is 2.99. The van der Waals surface area contributed by atoms with Crippen molar-refractivity contribution in [2.45, 2.75) is 6.54 Å². The van der Waals surface area contributed by atoms with Crippen LogP contribution in [0.25, 0.3) is 0 Å². The van der Waals surface area contributed by atoms with Crippen LogP contribution >= 0.6 is 0 Å². The molecule has 1 aliphatic rings. The summed E-state index contributed by atoms with van der Waals surface area (Å²) < 4.78 is 13.9. The van der Waals surface area contributed by atoms with Gasteiger partial charge in [-0.15, -0.1) is 0 Å². The molecule has 0 atom stereocenters. The van der Waals surface area contributed by atoms with E-state index in [9.17, 15) is 14.0 Å². The molecule has 0 radical (unpaired) electrons. The Hall–Kier alpha value is -3.00. The van der Waals surface area contributed by atoms with Crippen LogP contribution in [0.4, 0.5) is 10.1 Å². The summed E-state index contributed by atoms with van der Waals surface area (Å²) in [7, 11) is 0. The summed E-state index contributed by atoms with van der Waals surface area (Å²) in [5, 5.41) is 8.72. The van der Waals surface area contributed by atoms with E-state index >= 15 is 0 Å². The topological polar surface area (TPSA) is 61.2 Å². The molecule has 0 saturated heterocycles. The molecule has 0 aromatic heterocycles. The molecule has 21 heavy (non-hydrogen) atoms. The number of benzene rings is 2. The summed E-state index contributed by atoms with van der Waals surface area (Å²) in [6.45, 7) is -0.0425. The Morgan fingerprint density at radius 2 is 1.90 bits per heavy atom. The molecule has 0 spiro atoms. The number of halogens is 1. The highest BCUT2D eigenvalue weighted by Gasteiger charge is 2.35. The predicted octanol–water partition coefficient (Wildman–Crippen LogP) is 2.43. The Bertz CT molecular complexity index is 808. The minimum absolute atomic E-state index is 0.0425. The van der Waals surface area contributed by atoms with Gasteiger partial charge in [0.1, 0.15) is 5.82 Å². The van der Waals surface area contributed by atoms with Crippen molar-refractivity contribution in [3.05, 3.63) is 65.0 Å². The normalized spacial score (nSPS) is 13.2. The summed E-state index contributed by atoms with van der Waals surface area (Å²) in [4.78, 5) is 25.1. The fourth-order valence-corrected chi connectivity index (χ4v) is 2.32. The lowest BCUT2D eigenvalue weighted by molar-refractivity contribution is -0.114. The van der Waals surface area contributed by atoms with Gasteiger partial charge in [-0.25, -0.2) is 4.39 Å². The smallest absolute Gasteiger partial charge is 0.299 e. The molecule has 5 heteroatoms. The first-order valence-electron chi connectivity index (χ1n) is 6.25. The number of ketones is 1. The molecule has 2 aromatic carbocycles. The van der Waals surface area contributed by atoms with Gasteiger partial charge in [-0.05, 0) is 24.3 Å². The van der Waals surface area contributed by atoms with Gasteiger partial charge in [-0.1, -0.05) is 18.2 Å².